The van der Waals surface area contributed by atoms with E-state index in [2.05, 4.69) is 39.0 Å². The summed E-state index contributed by atoms with van der Waals surface area (Å²) in [5.41, 5.74) is 1.25. The first-order valence-electron chi connectivity index (χ1n) is 6.12. The highest BCUT2D eigenvalue weighted by Crippen LogP contribution is 2.38. The fourth-order valence-corrected chi connectivity index (χ4v) is 2.35. The quantitative estimate of drug-likeness (QED) is 0.790. The van der Waals surface area contributed by atoms with E-state index in [-0.39, 0.29) is 5.41 Å². The van der Waals surface area contributed by atoms with Crippen LogP contribution in [0.25, 0.3) is 10.8 Å². The van der Waals surface area contributed by atoms with Crippen LogP contribution in [0.4, 0.5) is 0 Å². The van der Waals surface area contributed by atoms with Crippen molar-refractivity contribution in [1.82, 2.24) is 0 Å². The van der Waals surface area contributed by atoms with E-state index in [0.29, 0.717) is 0 Å². The molecule has 0 atom stereocenters. The van der Waals surface area contributed by atoms with Gasteiger partial charge in [-0.3, -0.25) is 0 Å². The molecule has 2 heteroatoms. The topological polar surface area (TPSA) is 18.5 Å². The average Bonchev–Trinajstić information content (AvgIpc) is 2.35. The monoisotopic (exact) mass is 244 g/mol. The van der Waals surface area contributed by atoms with Crippen LogP contribution in [0.5, 0.6) is 11.5 Å². The summed E-state index contributed by atoms with van der Waals surface area (Å²) in [7, 11) is 3.41. The van der Waals surface area contributed by atoms with Crippen molar-refractivity contribution in [1.29, 1.82) is 0 Å². The highest BCUT2D eigenvalue weighted by Gasteiger charge is 2.22. The minimum absolute atomic E-state index is 0.0250. The van der Waals surface area contributed by atoms with Crippen molar-refractivity contribution in [2.45, 2.75) is 26.2 Å². The van der Waals surface area contributed by atoms with Crippen LogP contribution in [0.1, 0.15) is 26.3 Å². The van der Waals surface area contributed by atoms with Crippen molar-refractivity contribution in [3.63, 3.8) is 0 Å². The maximum atomic E-state index is 5.51. The van der Waals surface area contributed by atoms with E-state index in [1.807, 2.05) is 12.1 Å². The normalized spacial score (nSPS) is 11.6. The van der Waals surface area contributed by atoms with Gasteiger partial charge in [0, 0.05) is 5.56 Å². The van der Waals surface area contributed by atoms with Crippen molar-refractivity contribution < 1.29 is 9.47 Å². The summed E-state index contributed by atoms with van der Waals surface area (Å²) in [4.78, 5) is 0. The Labute approximate surface area is 109 Å². The van der Waals surface area contributed by atoms with Gasteiger partial charge >= 0.3 is 0 Å². The van der Waals surface area contributed by atoms with Crippen LogP contribution in [-0.2, 0) is 5.41 Å². The second-order valence-corrected chi connectivity index (χ2v) is 5.48. The molecule has 0 saturated carbocycles. The molecule has 0 fully saturated rings. The van der Waals surface area contributed by atoms with E-state index in [1.54, 1.807) is 14.2 Å². The van der Waals surface area contributed by atoms with Crippen LogP contribution in [0.2, 0.25) is 0 Å². The van der Waals surface area contributed by atoms with Crippen LogP contribution >= 0.6 is 0 Å². The third-order valence-electron chi connectivity index (χ3n) is 3.16. The van der Waals surface area contributed by atoms with Crippen molar-refractivity contribution in [3.05, 3.63) is 35.9 Å². The van der Waals surface area contributed by atoms with Crippen molar-refractivity contribution in [3.8, 4) is 11.5 Å². The minimum atomic E-state index is 0.0250. The molecule has 0 N–H and O–H groups in total. The first-order valence-corrected chi connectivity index (χ1v) is 6.12. The van der Waals surface area contributed by atoms with E-state index in [0.717, 1.165) is 11.5 Å². The fourth-order valence-electron chi connectivity index (χ4n) is 2.35. The number of ether oxygens (including phenoxy) is 2. The first kappa shape index (κ1) is 12.7. The third-order valence-corrected chi connectivity index (χ3v) is 3.16. The lowest BCUT2D eigenvalue weighted by atomic mass is 9.83. The van der Waals surface area contributed by atoms with Crippen LogP contribution in [0, 0.1) is 0 Å². The van der Waals surface area contributed by atoms with E-state index in [4.69, 9.17) is 9.47 Å². The van der Waals surface area contributed by atoms with E-state index in [9.17, 15) is 0 Å². The number of hydrogen-bond donors (Lipinski definition) is 0. The lowest BCUT2D eigenvalue weighted by molar-refractivity contribution is 0.399. The Morgan fingerprint density at radius 2 is 1.56 bits per heavy atom. The van der Waals surface area contributed by atoms with Gasteiger partial charge in [0.05, 0.1) is 14.2 Å². The maximum absolute atomic E-state index is 5.51. The van der Waals surface area contributed by atoms with Gasteiger partial charge in [-0.25, -0.2) is 0 Å². The summed E-state index contributed by atoms with van der Waals surface area (Å²) in [5.74, 6) is 1.81. The molecular weight excluding hydrogens is 224 g/mol. The van der Waals surface area contributed by atoms with E-state index in [1.165, 1.54) is 16.3 Å². The SMILES string of the molecule is COc1ccc2ccc(OC)c(C(C)(C)C)c2c1. The molecule has 96 valence electrons. The Morgan fingerprint density at radius 3 is 2.11 bits per heavy atom. The Morgan fingerprint density at radius 1 is 0.889 bits per heavy atom. The van der Waals surface area contributed by atoms with E-state index >= 15 is 0 Å². The molecule has 0 saturated heterocycles. The molecule has 0 spiro atoms. The summed E-state index contributed by atoms with van der Waals surface area (Å²) < 4.78 is 10.8. The first-order chi connectivity index (χ1) is 8.47. The van der Waals surface area contributed by atoms with Crippen LogP contribution < -0.4 is 9.47 Å². The van der Waals surface area contributed by atoms with Crippen molar-refractivity contribution in [2.24, 2.45) is 0 Å². The maximum Gasteiger partial charge on any atom is 0.123 e. The summed E-state index contributed by atoms with van der Waals surface area (Å²) in [6, 6.07) is 10.3. The number of rotatable bonds is 2. The predicted molar refractivity (Wildman–Crippen MR) is 75.8 cm³/mol. The molecular formula is C16H20O2. The molecule has 0 amide bonds. The van der Waals surface area contributed by atoms with E-state index < -0.39 is 0 Å². The van der Waals surface area contributed by atoms with Crippen molar-refractivity contribution >= 4 is 10.8 Å². The fraction of sp³-hybridized carbons (Fsp3) is 0.375. The van der Waals surface area contributed by atoms with Gasteiger partial charge < -0.3 is 9.47 Å². The molecule has 2 rings (SSSR count). The molecule has 0 aliphatic carbocycles. The molecule has 2 aromatic carbocycles. The summed E-state index contributed by atoms with van der Waals surface area (Å²) in [6.45, 7) is 6.59. The van der Waals surface area contributed by atoms with Crippen LogP contribution in [0.3, 0.4) is 0 Å². The van der Waals surface area contributed by atoms with Crippen molar-refractivity contribution in [2.75, 3.05) is 14.2 Å². The number of benzene rings is 2. The van der Waals surface area contributed by atoms with Gasteiger partial charge in [0.2, 0.25) is 0 Å². The molecule has 0 radical (unpaired) electrons. The second-order valence-electron chi connectivity index (χ2n) is 5.48. The lowest BCUT2D eigenvalue weighted by Gasteiger charge is -2.24. The van der Waals surface area contributed by atoms with Gasteiger partial charge in [-0.15, -0.1) is 0 Å². The Bertz CT molecular complexity index is 560. The minimum Gasteiger partial charge on any atom is -0.497 e. The third kappa shape index (κ3) is 2.15. The van der Waals surface area contributed by atoms with Crippen LogP contribution in [0.15, 0.2) is 30.3 Å². The van der Waals surface area contributed by atoms with Gasteiger partial charge in [-0.2, -0.15) is 0 Å². The average molecular weight is 244 g/mol. The van der Waals surface area contributed by atoms with Crippen LogP contribution in [-0.4, -0.2) is 14.2 Å². The molecule has 2 aromatic rings. The zero-order valence-electron chi connectivity index (χ0n) is 11.7. The highest BCUT2D eigenvalue weighted by atomic mass is 16.5. The van der Waals surface area contributed by atoms with Gasteiger partial charge in [0.1, 0.15) is 11.5 Å². The number of hydrogen-bond acceptors (Lipinski definition) is 2. The Kier molecular flexibility index (Phi) is 3.20. The Hall–Kier alpha value is -1.70. The summed E-state index contributed by atoms with van der Waals surface area (Å²) in [6.07, 6.45) is 0. The highest BCUT2D eigenvalue weighted by molar-refractivity contribution is 5.90. The number of methoxy groups -OCH3 is 2. The smallest absolute Gasteiger partial charge is 0.123 e. The second kappa shape index (κ2) is 4.52. The molecule has 0 bridgehead atoms. The zero-order valence-corrected chi connectivity index (χ0v) is 11.7. The molecule has 18 heavy (non-hydrogen) atoms. The zero-order chi connectivity index (χ0) is 13.3. The van der Waals surface area contributed by atoms with Gasteiger partial charge in [-0.05, 0) is 34.4 Å². The standard InChI is InChI=1S/C16H20O2/c1-16(2,3)15-13-10-12(17-4)8-6-11(13)7-9-14(15)18-5/h6-10H,1-5H3. The Balaban J connectivity index is 2.83. The van der Waals surface area contributed by atoms with Gasteiger partial charge in [0.25, 0.3) is 0 Å². The van der Waals surface area contributed by atoms with Gasteiger partial charge in [0.15, 0.2) is 0 Å². The summed E-state index contributed by atoms with van der Waals surface area (Å²) >= 11 is 0. The molecule has 0 heterocycles. The lowest BCUT2D eigenvalue weighted by Crippen LogP contribution is -2.13. The predicted octanol–water partition coefficient (Wildman–Crippen LogP) is 4.15. The summed E-state index contributed by atoms with van der Waals surface area (Å²) in [5, 5.41) is 2.41. The largest absolute Gasteiger partial charge is 0.497 e. The molecule has 0 unspecified atom stereocenters. The van der Waals surface area contributed by atoms with Gasteiger partial charge in [-0.1, -0.05) is 32.9 Å². The number of fused-ring (bicyclic) bond motifs is 1. The molecule has 0 aromatic heterocycles. The molecule has 2 nitrogen and oxygen atoms in total. The molecule has 0 aliphatic rings. The molecule has 0 aliphatic heterocycles.